The number of carbonyl (C=O) groups is 1. The summed E-state index contributed by atoms with van der Waals surface area (Å²) in [4.78, 5) is 20.1. The van der Waals surface area contributed by atoms with Crippen LogP contribution < -0.4 is 22.1 Å². The van der Waals surface area contributed by atoms with Crippen molar-refractivity contribution in [1.82, 2.24) is 4.98 Å². The molecule has 3 rings (SSSR count). The first kappa shape index (κ1) is 19.1. The fourth-order valence-corrected chi connectivity index (χ4v) is 2.95. The second-order valence-corrected chi connectivity index (χ2v) is 6.38. The monoisotopic (exact) mass is 378 g/mol. The molecule has 1 amide bonds. The second-order valence-electron chi connectivity index (χ2n) is 6.38. The van der Waals surface area contributed by atoms with E-state index < -0.39 is 11.7 Å². The van der Waals surface area contributed by atoms with E-state index in [4.69, 9.17) is 20.9 Å². The van der Waals surface area contributed by atoms with Crippen LogP contribution in [0.1, 0.15) is 23.2 Å². The lowest BCUT2D eigenvalue weighted by Crippen LogP contribution is -2.48. The van der Waals surface area contributed by atoms with E-state index >= 15 is 0 Å². The fourth-order valence-electron chi connectivity index (χ4n) is 2.95. The maximum absolute atomic E-state index is 14.5. The van der Waals surface area contributed by atoms with Crippen LogP contribution in [0.15, 0.2) is 23.3 Å². The summed E-state index contributed by atoms with van der Waals surface area (Å²) >= 11 is 0. The van der Waals surface area contributed by atoms with Crippen molar-refractivity contribution >= 4 is 23.4 Å². The van der Waals surface area contributed by atoms with E-state index in [1.54, 1.807) is 12.3 Å². The molecule has 3 heterocycles. The largest absolute Gasteiger partial charge is 0.484 e. The highest BCUT2D eigenvalue weighted by atomic mass is 19.1. The third-order valence-electron chi connectivity index (χ3n) is 4.45. The molecule has 0 radical (unpaired) electrons. The molecule has 3 atom stereocenters. The van der Waals surface area contributed by atoms with Gasteiger partial charge >= 0.3 is 0 Å². The standard InChI is InChI=1S/C17H23FN6O3/c1-26-14-6-9(2-4-21-14)22-16-10(15(20)25)7-11(18)17(24-16)23-13-3-5-27-8-12(13)19/h2,4,7,9,12-13H,3,5-6,8,19H2,1H3,(H2,20,25)(H2,22,23,24)/t9?,12-,13+/m0/s1. The van der Waals surface area contributed by atoms with Gasteiger partial charge in [0.25, 0.3) is 5.91 Å². The van der Waals surface area contributed by atoms with Crippen molar-refractivity contribution in [2.45, 2.75) is 31.0 Å². The molecule has 9 nitrogen and oxygen atoms in total. The van der Waals surface area contributed by atoms with E-state index in [2.05, 4.69) is 20.6 Å². The molecule has 0 spiro atoms. The van der Waals surface area contributed by atoms with Gasteiger partial charge in [-0.2, -0.15) is 0 Å². The van der Waals surface area contributed by atoms with Crippen molar-refractivity contribution < 1.29 is 18.7 Å². The van der Waals surface area contributed by atoms with Crippen molar-refractivity contribution in [3.63, 3.8) is 0 Å². The third kappa shape index (κ3) is 4.52. The van der Waals surface area contributed by atoms with Gasteiger partial charge in [-0.25, -0.2) is 14.4 Å². The zero-order chi connectivity index (χ0) is 19.4. The summed E-state index contributed by atoms with van der Waals surface area (Å²) in [5.41, 5.74) is 11.4. The zero-order valence-corrected chi connectivity index (χ0v) is 14.9. The number of aliphatic imine (C=N–C) groups is 1. The molecule has 0 bridgehead atoms. The predicted molar refractivity (Wildman–Crippen MR) is 99.1 cm³/mol. The van der Waals surface area contributed by atoms with Crippen molar-refractivity contribution in [1.29, 1.82) is 0 Å². The van der Waals surface area contributed by atoms with Crippen LogP contribution in [0.2, 0.25) is 0 Å². The molecule has 0 aliphatic carbocycles. The number of hydrogen-bond donors (Lipinski definition) is 4. The Labute approximate surface area is 156 Å². The Kier molecular flexibility index (Phi) is 5.87. The molecule has 0 saturated carbocycles. The summed E-state index contributed by atoms with van der Waals surface area (Å²) in [6.07, 6.45) is 4.47. The number of ether oxygens (including phenoxy) is 2. The molecule has 146 valence electrons. The quantitative estimate of drug-likeness (QED) is 0.588. The van der Waals surface area contributed by atoms with E-state index in [-0.39, 0.29) is 35.3 Å². The molecule has 1 aromatic heterocycles. The summed E-state index contributed by atoms with van der Waals surface area (Å²) in [6.45, 7) is 0.916. The number of pyridine rings is 1. The maximum Gasteiger partial charge on any atom is 0.252 e. The summed E-state index contributed by atoms with van der Waals surface area (Å²) in [5.74, 6) is -0.737. The molecule has 1 aromatic rings. The molecule has 27 heavy (non-hydrogen) atoms. The molecule has 0 aromatic carbocycles. The Bertz CT molecular complexity index is 769. The van der Waals surface area contributed by atoms with Gasteiger partial charge in [-0.15, -0.1) is 0 Å². The van der Waals surface area contributed by atoms with E-state index in [1.807, 2.05) is 0 Å². The zero-order valence-electron chi connectivity index (χ0n) is 14.9. The first-order chi connectivity index (χ1) is 13.0. The summed E-state index contributed by atoms with van der Waals surface area (Å²) < 4.78 is 24.9. The van der Waals surface area contributed by atoms with E-state index in [1.165, 1.54) is 7.11 Å². The van der Waals surface area contributed by atoms with Gasteiger partial charge < -0.3 is 31.6 Å². The number of aromatic nitrogens is 1. The van der Waals surface area contributed by atoms with Crippen molar-refractivity contribution in [3.05, 3.63) is 29.7 Å². The van der Waals surface area contributed by atoms with Crippen LogP contribution in [0.5, 0.6) is 0 Å². The van der Waals surface area contributed by atoms with E-state index in [9.17, 15) is 9.18 Å². The Hall–Kier alpha value is -2.72. The molecule has 2 aliphatic heterocycles. The third-order valence-corrected chi connectivity index (χ3v) is 4.45. The number of hydrogen-bond acceptors (Lipinski definition) is 8. The van der Waals surface area contributed by atoms with Gasteiger partial charge in [-0.1, -0.05) is 0 Å². The van der Waals surface area contributed by atoms with E-state index in [0.29, 0.717) is 32.0 Å². The Morgan fingerprint density at radius 1 is 1.41 bits per heavy atom. The number of amides is 1. The van der Waals surface area contributed by atoms with Crippen LogP contribution in [0, 0.1) is 5.82 Å². The topological polar surface area (TPSA) is 137 Å². The highest BCUT2D eigenvalue weighted by molar-refractivity contribution is 5.98. The summed E-state index contributed by atoms with van der Waals surface area (Å²) in [6, 6.07) is 0.373. The number of nitrogens with one attached hydrogen (secondary N) is 2. The van der Waals surface area contributed by atoms with Gasteiger partial charge in [0.15, 0.2) is 17.5 Å². The van der Waals surface area contributed by atoms with Gasteiger partial charge in [0.1, 0.15) is 5.82 Å². The van der Waals surface area contributed by atoms with Gasteiger partial charge in [-0.05, 0) is 18.6 Å². The normalized spacial score (nSPS) is 24.9. The SMILES string of the molecule is COC1=NC=CC(Nc2nc(N[C@@H]3CCOC[C@@H]3N)c(F)cc2C(N)=O)C1. The number of halogens is 1. The number of methoxy groups -OCH3 is 1. The average Bonchev–Trinajstić information content (AvgIpc) is 2.66. The number of anilines is 2. The molecule has 1 saturated heterocycles. The Balaban J connectivity index is 1.84. The minimum Gasteiger partial charge on any atom is -0.484 e. The van der Waals surface area contributed by atoms with Crippen LogP contribution in [-0.4, -0.2) is 55.2 Å². The van der Waals surface area contributed by atoms with E-state index in [0.717, 1.165) is 6.07 Å². The molecule has 10 heteroatoms. The summed E-state index contributed by atoms with van der Waals surface area (Å²) in [5, 5.41) is 6.10. The maximum atomic E-state index is 14.5. The van der Waals surface area contributed by atoms with Gasteiger partial charge in [0.2, 0.25) is 0 Å². The lowest BCUT2D eigenvalue weighted by atomic mass is 10.0. The lowest BCUT2D eigenvalue weighted by Gasteiger charge is -2.30. The Morgan fingerprint density at radius 2 is 2.22 bits per heavy atom. The van der Waals surface area contributed by atoms with Crippen LogP contribution in [0.4, 0.5) is 16.0 Å². The highest BCUT2D eigenvalue weighted by Crippen LogP contribution is 2.24. The van der Waals surface area contributed by atoms with Crippen LogP contribution >= 0.6 is 0 Å². The Morgan fingerprint density at radius 3 is 2.93 bits per heavy atom. The lowest BCUT2D eigenvalue weighted by molar-refractivity contribution is 0.0751. The van der Waals surface area contributed by atoms with Crippen LogP contribution in [0.25, 0.3) is 0 Å². The van der Waals surface area contributed by atoms with Gasteiger partial charge in [0, 0.05) is 31.3 Å². The number of carbonyl (C=O) groups excluding carboxylic acids is 1. The smallest absolute Gasteiger partial charge is 0.252 e. The second kappa shape index (κ2) is 8.31. The van der Waals surface area contributed by atoms with Gasteiger partial charge in [-0.3, -0.25) is 4.79 Å². The molecule has 6 N–H and O–H groups in total. The molecular weight excluding hydrogens is 355 g/mol. The molecule has 1 unspecified atom stereocenters. The summed E-state index contributed by atoms with van der Waals surface area (Å²) in [7, 11) is 1.53. The fraction of sp³-hybridized carbons (Fsp3) is 0.471. The first-order valence-corrected chi connectivity index (χ1v) is 8.62. The first-order valence-electron chi connectivity index (χ1n) is 8.62. The van der Waals surface area contributed by atoms with Crippen LogP contribution in [-0.2, 0) is 9.47 Å². The van der Waals surface area contributed by atoms with Crippen molar-refractivity contribution in [2.24, 2.45) is 16.5 Å². The van der Waals surface area contributed by atoms with Crippen molar-refractivity contribution in [3.8, 4) is 0 Å². The predicted octanol–water partition coefficient (Wildman–Crippen LogP) is 0.591. The number of nitrogens with zero attached hydrogens (tertiary/aromatic N) is 2. The van der Waals surface area contributed by atoms with Crippen molar-refractivity contribution in [2.75, 3.05) is 31.0 Å². The number of primary amides is 1. The highest BCUT2D eigenvalue weighted by Gasteiger charge is 2.25. The number of rotatable bonds is 5. The molecule has 1 fully saturated rings. The minimum absolute atomic E-state index is 0.00488. The molecule has 2 aliphatic rings. The minimum atomic E-state index is -0.779. The van der Waals surface area contributed by atoms with Gasteiger partial charge in [0.05, 0.1) is 25.3 Å². The van der Waals surface area contributed by atoms with Crippen LogP contribution in [0.3, 0.4) is 0 Å². The number of nitrogens with two attached hydrogens (primary N) is 2. The average molecular weight is 378 g/mol. The molecular formula is C17H23FN6O3.